The molecule has 0 unspecified atom stereocenters. The molecule has 6 heteroatoms. The molecule has 2 rings (SSSR count). The summed E-state index contributed by atoms with van der Waals surface area (Å²) in [7, 11) is 0. The Morgan fingerprint density at radius 2 is 1.81 bits per heavy atom. The van der Waals surface area contributed by atoms with Crippen LogP contribution in [0.2, 0.25) is 0 Å². The van der Waals surface area contributed by atoms with E-state index in [0.29, 0.717) is 0 Å². The van der Waals surface area contributed by atoms with Crippen LogP contribution >= 0.6 is 88.8 Å². The second kappa shape index (κ2) is 8.21. The number of anilines is 1. The first kappa shape index (κ1) is 18.4. The zero-order valence-electron chi connectivity index (χ0n) is 11.2. The minimum atomic E-state index is 0.847. The molecular weight excluding hydrogens is 640 g/mol. The average Bonchev–Trinajstić information content (AvgIpc) is 2.41. The van der Waals surface area contributed by atoms with Gasteiger partial charge < -0.3 is 5.73 Å². The van der Waals surface area contributed by atoms with E-state index in [2.05, 4.69) is 108 Å². The fourth-order valence-corrected chi connectivity index (χ4v) is 6.26. The summed E-state index contributed by atoms with van der Waals surface area (Å²) < 4.78 is 4.46. The Hall–Kier alpha value is 1.01. The van der Waals surface area contributed by atoms with Crippen molar-refractivity contribution in [2.24, 2.45) is 0 Å². The Balaban J connectivity index is 2.67. The van der Waals surface area contributed by atoms with Crippen molar-refractivity contribution in [2.75, 3.05) is 11.5 Å². The summed E-state index contributed by atoms with van der Waals surface area (Å²) in [5.41, 5.74) is 9.46. The minimum absolute atomic E-state index is 0.847. The highest BCUT2D eigenvalue weighted by molar-refractivity contribution is 14.1. The largest absolute Gasteiger partial charge is 0.397 e. The maximum Gasteiger partial charge on any atom is 0.0530 e. The van der Waals surface area contributed by atoms with Gasteiger partial charge in [-0.05, 0) is 103 Å². The van der Waals surface area contributed by atoms with Crippen LogP contribution in [-0.4, -0.2) is 5.75 Å². The molecule has 112 valence electrons. The van der Waals surface area contributed by atoms with Gasteiger partial charge in [0.15, 0.2) is 0 Å². The van der Waals surface area contributed by atoms with E-state index in [1.807, 2.05) is 11.8 Å². The molecule has 1 nitrogen and oxygen atoms in total. The summed E-state index contributed by atoms with van der Waals surface area (Å²) in [5.74, 6) is 1.09. The molecule has 0 radical (unpaired) electrons. The lowest BCUT2D eigenvalue weighted by atomic mass is 10.0. The van der Waals surface area contributed by atoms with E-state index >= 15 is 0 Å². The van der Waals surface area contributed by atoms with Crippen molar-refractivity contribution in [1.29, 1.82) is 0 Å². The number of halogens is 4. The van der Waals surface area contributed by atoms with Crippen LogP contribution in [0.1, 0.15) is 13.3 Å². The molecule has 2 N–H and O–H groups in total. The highest BCUT2D eigenvalue weighted by Gasteiger charge is 2.15. The van der Waals surface area contributed by atoms with E-state index in [9.17, 15) is 0 Å². The highest BCUT2D eigenvalue weighted by Crippen LogP contribution is 2.43. The molecule has 0 bridgehead atoms. The quantitative estimate of drug-likeness (QED) is 0.215. The Kier molecular flexibility index (Phi) is 7.17. The van der Waals surface area contributed by atoms with Crippen molar-refractivity contribution in [3.8, 4) is 11.1 Å². The maximum atomic E-state index is 6.33. The number of nitrogen functional groups attached to an aromatic ring is 1. The molecule has 0 amide bonds. The van der Waals surface area contributed by atoms with Gasteiger partial charge in [-0.25, -0.2) is 0 Å². The Morgan fingerprint density at radius 3 is 2.48 bits per heavy atom. The van der Waals surface area contributed by atoms with Gasteiger partial charge >= 0.3 is 0 Å². The lowest BCUT2D eigenvalue weighted by molar-refractivity contribution is 1.10. The predicted molar refractivity (Wildman–Crippen MR) is 118 cm³/mol. The minimum Gasteiger partial charge on any atom is -0.397 e. The van der Waals surface area contributed by atoms with Gasteiger partial charge in [0.05, 0.1) is 5.69 Å². The molecule has 0 heterocycles. The molecule has 2 aromatic carbocycles. The fraction of sp³-hybridized carbons (Fsp3) is 0.200. The van der Waals surface area contributed by atoms with Crippen LogP contribution in [0.5, 0.6) is 0 Å². The van der Waals surface area contributed by atoms with E-state index in [0.717, 1.165) is 35.9 Å². The summed E-state index contributed by atoms with van der Waals surface area (Å²) >= 11 is 13.8. The van der Waals surface area contributed by atoms with Crippen LogP contribution in [0.25, 0.3) is 11.1 Å². The van der Waals surface area contributed by atoms with Gasteiger partial charge in [-0.3, -0.25) is 0 Å². The van der Waals surface area contributed by atoms with Crippen LogP contribution in [0.15, 0.2) is 38.1 Å². The van der Waals surface area contributed by atoms with Crippen molar-refractivity contribution < 1.29 is 0 Å². The zero-order valence-corrected chi connectivity index (χ0v) is 19.5. The van der Waals surface area contributed by atoms with Gasteiger partial charge in [-0.2, -0.15) is 0 Å². The molecule has 0 aliphatic carbocycles. The van der Waals surface area contributed by atoms with Crippen LogP contribution < -0.4 is 5.73 Å². The summed E-state index contributed by atoms with van der Waals surface area (Å²) in [6.07, 6.45) is 1.14. The van der Waals surface area contributed by atoms with Crippen LogP contribution in [0.3, 0.4) is 0 Å². The predicted octanol–water partition coefficient (Wildman–Crippen LogP) is 7.17. The van der Waals surface area contributed by atoms with Crippen LogP contribution in [0, 0.1) is 7.14 Å². The molecule has 0 aromatic heterocycles. The molecule has 0 aliphatic rings. The van der Waals surface area contributed by atoms with Crippen molar-refractivity contribution in [1.82, 2.24) is 0 Å². The zero-order chi connectivity index (χ0) is 15.6. The molecule has 2 aromatic rings. The van der Waals surface area contributed by atoms with Gasteiger partial charge in [0, 0.05) is 26.5 Å². The molecule has 0 spiro atoms. The highest BCUT2D eigenvalue weighted by atomic mass is 127. The Labute approximate surface area is 173 Å². The van der Waals surface area contributed by atoms with Crippen molar-refractivity contribution in [3.63, 3.8) is 0 Å². The first-order chi connectivity index (χ1) is 9.93. The van der Waals surface area contributed by atoms with Gasteiger partial charge in [0.2, 0.25) is 0 Å². The third-order valence-corrected chi connectivity index (χ3v) is 7.05. The number of rotatable bonds is 4. The van der Waals surface area contributed by atoms with Gasteiger partial charge in [-0.1, -0.05) is 22.9 Å². The van der Waals surface area contributed by atoms with Crippen molar-refractivity contribution in [3.05, 3.63) is 40.4 Å². The third kappa shape index (κ3) is 4.51. The van der Waals surface area contributed by atoms with E-state index in [-0.39, 0.29) is 0 Å². The summed E-state index contributed by atoms with van der Waals surface area (Å²) in [4.78, 5) is 1.25. The van der Waals surface area contributed by atoms with Gasteiger partial charge in [-0.15, -0.1) is 11.8 Å². The second-order valence-electron chi connectivity index (χ2n) is 4.46. The number of hydrogen-bond donors (Lipinski definition) is 1. The molecule has 0 aliphatic heterocycles. The summed E-state index contributed by atoms with van der Waals surface area (Å²) in [5, 5.41) is 0. The van der Waals surface area contributed by atoms with E-state index < -0.39 is 0 Å². The molecule has 0 atom stereocenters. The second-order valence-corrected chi connectivity index (χ2v) is 9.74. The standard InChI is InChI=1S/C15H13Br2I2NS/c1-2-3-21-15-11(4-8(16)5-12(15)17)10-6-9(18)7-13(19)14(10)20/h4-7H,2-3,20H2,1H3. The van der Waals surface area contributed by atoms with Crippen molar-refractivity contribution in [2.45, 2.75) is 18.2 Å². The van der Waals surface area contributed by atoms with Gasteiger partial charge in [0.1, 0.15) is 0 Å². The number of benzene rings is 2. The topological polar surface area (TPSA) is 26.0 Å². The van der Waals surface area contributed by atoms with E-state index in [4.69, 9.17) is 5.73 Å². The monoisotopic (exact) mass is 651 g/mol. The molecule has 21 heavy (non-hydrogen) atoms. The maximum absolute atomic E-state index is 6.33. The molecule has 0 saturated carbocycles. The Morgan fingerprint density at radius 1 is 1.10 bits per heavy atom. The molecular formula is C15H13Br2I2NS. The average molecular weight is 653 g/mol. The number of nitrogens with two attached hydrogens (primary N) is 1. The number of thioether (sulfide) groups is 1. The van der Waals surface area contributed by atoms with Crippen molar-refractivity contribution >= 4 is 94.5 Å². The van der Waals surface area contributed by atoms with E-state index in [1.54, 1.807) is 0 Å². The lowest BCUT2D eigenvalue weighted by Crippen LogP contribution is -1.97. The summed E-state index contributed by atoms with van der Waals surface area (Å²) in [6, 6.07) is 8.51. The van der Waals surface area contributed by atoms with E-state index in [1.165, 1.54) is 14.0 Å². The Bertz CT molecular complexity index is 677. The lowest BCUT2D eigenvalue weighted by Gasteiger charge is -2.15. The first-order valence-electron chi connectivity index (χ1n) is 6.30. The van der Waals surface area contributed by atoms with Crippen LogP contribution in [0.4, 0.5) is 5.69 Å². The summed E-state index contributed by atoms with van der Waals surface area (Å²) in [6.45, 7) is 2.20. The molecule has 0 fully saturated rings. The molecule has 0 saturated heterocycles. The fourth-order valence-electron chi connectivity index (χ4n) is 1.92. The SMILES string of the molecule is CCCSc1c(Br)cc(Br)cc1-c1cc(I)cc(I)c1N. The normalized spacial score (nSPS) is 10.9. The van der Waals surface area contributed by atoms with Gasteiger partial charge in [0.25, 0.3) is 0 Å². The first-order valence-corrected chi connectivity index (χ1v) is 11.0. The smallest absolute Gasteiger partial charge is 0.0530 e. The van der Waals surface area contributed by atoms with Crippen LogP contribution in [-0.2, 0) is 0 Å². The number of hydrogen-bond acceptors (Lipinski definition) is 2. The third-order valence-electron chi connectivity index (χ3n) is 2.84.